The number of carbonyl (C=O) groups is 1. The molecule has 182 valence electrons. The van der Waals surface area contributed by atoms with Crippen LogP contribution in [0.3, 0.4) is 0 Å². The van der Waals surface area contributed by atoms with Gasteiger partial charge in [-0.1, -0.05) is 17.7 Å². The topological polar surface area (TPSA) is 131 Å². The second-order valence-electron chi connectivity index (χ2n) is 7.24. The summed E-state index contributed by atoms with van der Waals surface area (Å²) in [5.74, 6) is 0.816. The van der Waals surface area contributed by atoms with Gasteiger partial charge in [0.15, 0.2) is 0 Å². The fraction of sp³-hybridized carbons (Fsp3) is 0.182. The first kappa shape index (κ1) is 24.8. The number of amidine groups is 3. The fourth-order valence-electron chi connectivity index (χ4n) is 3.11. The fourth-order valence-corrected chi connectivity index (χ4v) is 5.20. The third-order valence-electron chi connectivity index (χ3n) is 4.76. The minimum Gasteiger partial charge on any atom is -0.497 e. The van der Waals surface area contributed by atoms with E-state index in [-0.39, 0.29) is 33.4 Å². The number of nitrogens with one attached hydrogen (secondary N) is 1. The summed E-state index contributed by atoms with van der Waals surface area (Å²) in [6.45, 7) is 0.533. The van der Waals surface area contributed by atoms with E-state index in [0.29, 0.717) is 23.7 Å². The van der Waals surface area contributed by atoms with Gasteiger partial charge in [0.05, 0.1) is 29.7 Å². The van der Waals surface area contributed by atoms with Crippen LogP contribution in [0.4, 0.5) is 0 Å². The lowest BCUT2D eigenvalue weighted by Gasteiger charge is -2.23. The van der Waals surface area contributed by atoms with E-state index in [0.717, 1.165) is 28.9 Å². The van der Waals surface area contributed by atoms with E-state index < -0.39 is 15.7 Å². The number of sulfone groups is 1. The number of benzene rings is 2. The average Bonchev–Trinajstić information content (AvgIpc) is 3.25. The molecule has 2 heterocycles. The van der Waals surface area contributed by atoms with Crippen molar-refractivity contribution in [3.63, 3.8) is 0 Å². The van der Waals surface area contributed by atoms with Crippen LogP contribution in [0.25, 0.3) is 6.08 Å². The number of carbonyl (C=O) groups excluding carboxylic acids is 1. The van der Waals surface area contributed by atoms with Crippen LogP contribution < -0.4 is 14.2 Å². The summed E-state index contributed by atoms with van der Waals surface area (Å²) >= 11 is 7.07. The predicted octanol–water partition coefficient (Wildman–Crippen LogP) is 3.43. The number of hydrogen-bond donors (Lipinski definition) is 1. The van der Waals surface area contributed by atoms with Gasteiger partial charge in [0.25, 0.3) is 5.91 Å². The van der Waals surface area contributed by atoms with E-state index in [4.69, 9.17) is 31.2 Å². The highest BCUT2D eigenvalue weighted by molar-refractivity contribution is 8.16. The van der Waals surface area contributed by atoms with Crippen LogP contribution in [-0.4, -0.2) is 62.0 Å². The molecule has 1 amide bonds. The number of halogens is 1. The van der Waals surface area contributed by atoms with Crippen LogP contribution in [0.15, 0.2) is 57.4 Å². The normalized spacial score (nSPS) is 16.7. The molecule has 0 unspecified atom stereocenters. The van der Waals surface area contributed by atoms with Crippen molar-refractivity contribution in [2.45, 2.75) is 0 Å². The zero-order chi connectivity index (χ0) is 25.2. The number of aliphatic imine (C=N–C) groups is 1. The summed E-state index contributed by atoms with van der Waals surface area (Å²) in [6, 6.07) is 12.0. The van der Waals surface area contributed by atoms with Crippen LogP contribution in [0, 0.1) is 5.41 Å². The molecule has 0 bridgehead atoms. The van der Waals surface area contributed by atoms with Crippen molar-refractivity contribution in [2.75, 3.05) is 26.6 Å². The van der Waals surface area contributed by atoms with E-state index in [1.54, 1.807) is 49.6 Å². The number of nitrogens with zero attached hydrogens (tertiary/aromatic N) is 3. The Morgan fingerprint density at radius 3 is 2.46 bits per heavy atom. The summed E-state index contributed by atoms with van der Waals surface area (Å²) in [6.07, 6.45) is 2.39. The van der Waals surface area contributed by atoms with E-state index in [2.05, 4.69) is 9.39 Å². The third-order valence-corrected chi connectivity index (χ3v) is 6.81. The van der Waals surface area contributed by atoms with Crippen molar-refractivity contribution < 1.29 is 27.4 Å². The Hall–Kier alpha value is -3.35. The Kier molecular flexibility index (Phi) is 7.15. The van der Waals surface area contributed by atoms with Crippen LogP contribution in [0.5, 0.6) is 17.2 Å². The zero-order valence-electron chi connectivity index (χ0n) is 18.5. The highest BCUT2D eigenvalue weighted by Crippen LogP contribution is 2.31. The van der Waals surface area contributed by atoms with E-state index in [9.17, 15) is 13.2 Å². The van der Waals surface area contributed by atoms with Gasteiger partial charge < -0.3 is 14.2 Å². The molecule has 1 N–H and O–H groups in total. The molecule has 13 heteroatoms. The highest BCUT2D eigenvalue weighted by atomic mass is 35.5. The molecule has 2 aromatic rings. The molecule has 10 nitrogen and oxygen atoms in total. The first-order chi connectivity index (χ1) is 16.7. The molecule has 0 radical (unpaired) electrons. The minimum atomic E-state index is -3.72. The second-order valence-corrected chi connectivity index (χ2v) is 10.3. The van der Waals surface area contributed by atoms with Crippen LogP contribution >= 0.6 is 23.5 Å². The van der Waals surface area contributed by atoms with Gasteiger partial charge in [0.1, 0.15) is 36.3 Å². The molecule has 4 rings (SSSR count). The summed E-state index contributed by atoms with van der Waals surface area (Å²) in [5.41, 5.74) is 0.415. The van der Waals surface area contributed by atoms with Crippen LogP contribution in [0.1, 0.15) is 5.56 Å². The van der Waals surface area contributed by atoms with E-state index >= 15 is 0 Å². The molecular weight excluding hydrogens is 516 g/mol. The van der Waals surface area contributed by atoms with Gasteiger partial charge >= 0.3 is 0 Å². The second kappa shape index (κ2) is 10.1. The number of fused-ring (bicyclic) bond motifs is 1. The van der Waals surface area contributed by atoms with Crippen LogP contribution in [0.2, 0.25) is 5.02 Å². The number of ether oxygens (including phenoxy) is 3. The monoisotopic (exact) mass is 534 g/mol. The molecule has 0 aliphatic carbocycles. The van der Waals surface area contributed by atoms with Gasteiger partial charge in [-0.25, -0.2) is 13.3 Å². The van der Waals surface area contributed by atoms with E-state index in [1.807, 2.05) is 0 Å². The van der Waals surface area contributed by atoms with Crippen molar-refractivity contribution >= 4 is 61.5 Å². The van der Waals surface area contributed by atoms with Gasteiger partial charge in [-0.05, 0) is 48.0 Å². The molecule has 0 spiro atoms. The first-order valence-electron chi connectivity index (χ1n) is 10.1. The lowest BCUT2D eigenvalue weighted by atomic mass is 10.1. The molecule has 2 aliphatic rings. The Labute approximate surface area is 210 Å². The Bertz CT molecular complexity index is 1390. The predicted molar refractivity (Wildman–Crippen MR) is 135 cm³/mol. The molecule has 35 heavy (non-hydrogen) atoms. The minimum absolute atomic E-state index is 0.0243. The maximum absolute atomic E-state index is 12.5. The van der Waals surface area contributed by atoms with Gasteiger partial charge in [0, 0.05) is 6.26 Å². The molecule has 2 aliphatic heterocycles. The van der Waals surface area contributed by atoms with Gasteiger partial charge in [-0.2, -0.15) is 9.39 Å². The number of methoxy groups -OCH3 is 1. The quantitative estimate of drug-likeness (QED) is 0.325. The summed E-state index contributed by atoms with van der Waals surface area (Å²) in [5, 5.41) is 8.35. The molecule has 0 saturated carbocycles. The lowest BCUT2D eigenvalue weighted by Crippen LogP contribution is -2.45. The smallest absolute Gasteiger partial charge is 0.283 e. The Balaban J connectivity index is 1.42. The Morgan fingerprint density at radius 1 is 1.11 bits per heavy atom. The molecule has 0 atom stereocenters. The Morgan fingerprint density at radius 2 is 1.80 bits per heavy atom. The first-order valence-corrected chi connectivity index (χ1v) is 13.1. The molecule has 2 aromatic carbocycles. The number of hydrogen-bond acceptors (Lipinski definition) is 9. The average molecular weight is 535 g/mol. The van der Waals surface area contributed by atoms with Crippen molar-refractivity contribution in [1.29, 1.82) is 5.41 Å². The van der Waals surface area contributed by atoms with E-state index in [1.165, 1.54) is 6.08 Å². The lowest BCUT2D eigenvalue weighted by molar-refractivity contribution is -0.114. The van der Waals surface area contributed by atoms with Crippen molar-refractivity contribution in [1.82, 2.24) is 4.90 Å². The SMILES string of the molecule is COc1ccc(OCCOc2ccc(/C=C3/C(=N)N4C(=NC3=O)SN=C4S(C)(=O)=O)cc2Cl)cc1. The van der Waals surface area contributed by atoms with Crippen molar-refractivity contribution in [3.8, 4) is 17.2 Å². The van der Waals surface area contributed by atoms with Crippen molar-refractivity contribution in [3.05, 3.63) is 58.6 Å². The molecular formula is C22H19ClN4O6S2. The maximum Gasteiger partial charge on any atom is 0.283 e. The summed E-state index contributed by atoms with van der Waals surface area (Å²) in [4.78, 5) is 17.4. The zero-order valence-corrected chi connectivity index (χ0v) is 20.9. The van der Waals surface area contributed by atoms with Crippen LogP contribution in [-0.2, 0) is 14.6 Å². The standard InChI is InChI=1S/C22H19ClN4O6S2/c1-31-14-4-6-15(7-5-14)32-9-10-33-18-8-3-13(12-17(18)23)11-16-19(24)27-21(25-20(16)28)34-26-22(27)35(2,29)30/h3-8,11-12,24H,9-10H2,1-2H3/b16-11-,24-19?. The maximum atomic E-state index is 12.5. The number of amides is 1. The summed E-state index contributed by atoms with van der Waals surface area (Å²) < 4.78 is 44.2. The highest BCUT2D eigenvalue weighted by Gasteiger charge is 2.41. The van der Waals surface area contributed by atoms with Gasteiger partial charge in [-0.3, -0.25) is 10.2 Å². The van der Waals surface area contributed by atoms with Gasteiger partial charge in [-0.15, -0.1) is 0 Å². The molecule has 0 aromatic heterocycles. The van der Waals surface area contributed by atoms with Gasteiger partial charge in [0.2, 0.25) is 20.2 Å². The third kappa shape index (κ3) is 5.50. The number of rotatable bonds is 7. The summed E-state index contributed by atoms with van der Waals surface area (Å²) in [7, 11) is -2.13. The van der Waals surface area contributed by atoms with Crippen molar-refractivity contribution in [2.24, 2.45) is 9.39 Å². The largest absolute Gasteiger partial charge is 0.497 e. The molecule has 0 fully saturated rings. The molecule has 0 saturated heterocycles.